The van der Waals surface area contributed by atoms with Gasteiger partial charge in [0.1, 0.15) is 5.69 Å². The van der Waals surface area contributed by atoms with Crippen molar-refractivity contribution >= 4 is 23.0 Å². The molecule has 0 aliphatic carbocycles. The first-order valence-electron chi connectivity index (χ1n) is 10.7. The largest absolute Gasteiger partial charge is 0.433 e. The van der Waals surface area contributed by atoms with E-state index in [1.54, 1.807) is 61.7 Å². The number of hydrazine groups is 1. The number of aromatic nitrogens is 4. The second-order valence-electron chi connectivity index (χ2n) is 7.80. The Hall–Kier alpha value is -3.76. The summed E-state index contributed by atoms with van der Waals surface area (Å²) in [4.78, 5) is 20.8. The van der Waals surface area contributed by atoms with Crippen molar-refractivity contribution in [1.82, 2.24) is 24.8 Å². The lowest BCUT2D eigenvalue weighted by Crippen LogP contribution is -2.31. The molecular formula is C25H24ClF3N6O. The second-order valence-corrected chi connectivity index (χ2v) is 8.29. The van der Waals surface area contributed by atoms with Gasteiger partial charge in [-0.2, -0.15) is 18.3 Å². The molecule has 0 atom stereocenters. The maximum absolute atomic E-state index is 13.3. The van der Waals surface area contributed by atoms with E-state index in [4.69, 9.17) is 11.6 Å². The molecule has 0 unspecified atom stereocenters. The molecule has 3 heterocycles. The number of hydrogen-bond donors (Lipinski definition) is 1. The molecule has 0 aliphatic rings. The average molecular weight is 517 g/mol. The molecule has 3 aromatic rings. The third-order valence-corrected chi connectivity index (χ3v) is 5.21. The molecule has 3 rings (SSSR count). The fourth-order valence-electron chi connectivity index (χ4n) is 3.46. The van der Waals surface area contributed by atoms with Crippen LogP contribution in [0, 0.1) is 0 Å². The van der Waals surface area contributed by atoms with Crippen LogP contribution < -0.4 is 11.0 Å². The van der Waals surface area contributed by atoms with E-state index in [-0.39, 0.29) is 12.1 Å². The zero-order chi connectivity index (χ0) is 26.5. The van der Waals surface area contributed by atoms with Gasteiger partial charge in [-0.1, -0.05) is 36.4 Å². The van der Waals surface area contributed by atoms with Gasteiger partial charge in [0.25, 0.3) is 5.56 Å². The number of aryl methyl sites for hydroxylation is 1. The molecule has 0 amide bonds. The van der Waals surface area contributed by atoms with E-state index in [9.17, 15) is 18.0 Å². The molecule has 0 radical (unpaired) electrons. The minimum Gasteiger partial charge on any atom is -0.301 e. The van der Waals surface area contributed by atoms with Gasteiger partial charge in [0.15, 0.2) is 5.82 Å². The molecule has 0 saturated carbocycles. The molecule has 0 aromatic carbocycles. The predicted molar refractivity (Wildman–Crippen MR) is 135 cm³/mol. The Balaban J connectivity index is 2.06. The number of rotatable bonds is 8. The highest BCUT2D eigenvalue weighted by atomic mass is 35.5. The van der Waals surface area contributed by atoms with E-state index in [0.717, 1.165) is 6.07 Å². The van der Waals surface area contributed by atoms with E-state index in [0.29, 0.717) is 38.7 Å². The summed E-state index contributed by atoms with van der Waals surface area (Å²) in [7, 11) is 3.24. The predicted octanol–water partition coefficient (Wildman–Crippen LogP) is 5.43. The van der Waals surface area contributed by atoms with Gasteiger partial charge in [0.2, 0.25) is 0 Å². The molecule has 3 aromatic heterocycles. The van der Waals surface area contributed by atoms with E-state index < -0.39 is 11.9 Å². The van der Waals surface area contributed by atoms with Crippen LogP contribution in [0.3, 0.4) is 0 Å². The summed E-state index contributed by atoms with van der Waals surface area (Å²) in [5.74, 6) is 0.359. The number of nitrogens with zero attached hydrogens (tertiary/aromatic N) is 5. The van der Waals surface area contributed by atoms with E-state index >= 15 is 0 Å². The summed E-state index contributed by atoms with van der Waals surface area (Å²) in [5.41, 5.74) is 4.60. The van der Waals surface area contributed by atoms with Crippen LogP contribution in [0.15, 0.2) is 77.5 Å². The molecule has 188 valence electrons. The number of pyridine rings is 2. The number of anilines is 1. The standard InChI is InChI=1S/C25H24ClF3N6O/c1-5-18(8-6-16(2)26)22-21(19-10-12-30-13-11-19)23(33-35(4)24(22)36)32-34(3)15-17-7-9-20(31-14-17)25(27,28)29/h5-14H,2,15H2,1,3-4H3,(H,32,33)/b8-6-,18-5+. The summed E-state index contributed by atoms with van der Waals surface area (Å²) in [5, 5.41) is 6.36. The Morgan fingerprint density at radius 3 is 2.47 bits per heavy atom. The van der Waals surface area contributed by atoms with Crippen LogP contribution in [0.25, 0.3) is 16.7 Å². The summed E-state index contributed by atoms with van der Waals surface area (Å²) < 4.78 is 39.7. The van der Waals surface area contributed by atoms with Crippen LogP contribution in [0.1, 0.15) is 23.7 Å². The first kappa shape index (κ1) is 26.8. The third kappa shape index (κ3) is 6.46. The lowest BCUT2D eigenvalue weighted by atomic mass is 9.96. The van der Waals surface area contributed by atoms with Crippen molar-refractivity contribution in [2.45, 2.75) is 19.6 Å². The summed E-state index contributed by atoms with van der Waals surface area (Å²) in [6, 6.07) is 5.80. The second kappa shape index (κ2) is 11.3. The van der Waals surface area contributed by atoms with Gasteiger partial charge in [-0.05, 0) is 47.9 Å². The molecule has 7 nitrogen and oxygen atoms in total. The molecule has 0 saturated heterocycles. The van der Waals surface area contributed by atoms with E-state index in [2.05, 4.69) is 27.1 Å². The van der Waals surface area contributed by atoms with E-state index in [1.807, 2.05) is 0 Å². The number of halogens is 4. The topological polar surface area (TPSA) is 75.9 Å². The summed E-state index contributed by atoms with van der Waals surface area (Å²) >= 11 is 5.91. The highest BCUT2D eigenvalue weighted by Crippen LogP contribution is 2.33. The van der Waals surface area contributed by atoms with Crippen molar-refractivity contribution in [2.75, 3.05) is 12.5 Å². The van der Waals surface area contributed by atoms with Crippen LogP contribution in [0.4, 0.5) is 19.0 Å². The van der Waals surface area contributed by atoms with Crippen molar-refractivity contribution in [3.8, 4) is 11.1 Å². The quantitative estimate of drug-likeness (QED) is 0.318. The SMILES string of the molecule is C=C(Cl)/C=C\C(=C/C)c1c(-c2ccncc2)c(NN(C)Cc2ccc(C(F)(F)F)nc2)nn(C)c1=O. The van der Waals surface area contributed by atoms with Crippen LogP contribution in [-0.2, 0) is 19.8 Å². The smallest absolute Gasteiger partial charge is 0.301 e. The van der Waals surface area contributed by atoms with Crippen molar-refractivity contribution < 1.29 is 13.2 Å². The van der Waals surface area contributed by atoms with Gasteiger partial charge in [-0.3, -0.25) is 14.8 Å². The maximum Gasteiger partial charge on any atom is 0.433 e. The van der Waals surface area contributed by atoms with Crippen molar-refractivity contribution in [2.24, 2.45) is 7.05 Å². The summed E-state index contributed by atoms with van der Waals surface area (Å²) in [6.07, 6.45) is 4.92. The van der Waals surface area contributed by atoms with Crippen molar-refractivity contribution in [1.29, 1.82) is 0 Å². The zero-order valence-electron chi connectivity index (χ0n) is 19.8. The van der Waals surface area contributed by atoms with Gasteiger partial charge in [-0.15, -0.1) is 0 Å². The normalized spacial score (nSPS) is 12.4. The minimum atomic E-state index is -4.51. The fraction of sp³-hybridized carbons (Fsp3) is 0.200. The van der Waals surface area contributed by atoms with E-state index in [1.165, 1.54) is 24.0 Å². The molecule has 11 heteroatoms. The Labute approximate surface area is 211 Å². The molecule has 0 fully saturated rings. The lowest BCUT2D eigenvalue weighted by molar-refractivity contribution is -0.141. The molecule has 36 heavy (non-hydrogen) atoms. The number of hydrogen-bond acceptors (Lipinski definition) is 6. The Kier molecular flexibility index (Phi) is 8.44. The minimum absolute atomic E-state index is 0.212. The Morgan fingerprint density at radius 1 is 1.22 bits per heavy atom. The van der Waals surface area contributed by atoms with Crippen molar-refractivity contribution in [3.63, 3.8) is 0 Å². The molecule has 1 N–H and O–H groups in total. The lowest BCUT2D eigenvalue weighted by Gasteiger charge is -2.23. The van der Waals surface area contributed by atoms with Crippen molar-refractivity contribution in [3.05, 3.63) is 99.9 Å². The fourth-order valence-corrected chi connectivity index (χ4v) is 3.53. The van der Waals surface area contributed by atoms with Gasteiger partial charge in [-0.25, -0.2) is 9.69 Å². The van der Waals surface area contributed by atoms with Gasteiger partial charge >= 0.3 is 6.18 Å². The third-order valence-electron chi connectivity index (χ3n) is 5.09. The van der Waals surface area contributed by atoms with Crippen LogP contribution in [0.2, 0.25) is 0 Å². The maximum atomic E-state index is 13.3. The first-order valence-corrected chi connectivity index (χ1v) is 11.1. The highest BCUT2D eigenvalue weighted by Gasteiger charge is 2.32. The van der Waals surface area contributed by atoms with Gasteiger partial charge in [0.05, 0.1) is 5.56 Å². The highest BCUT2D eigenvalue weighted by molar-refractivity contribution is 6.30. The molecule has 0 spiro atoms. The number of allylic oxidation sites excluding steroid dienone is 5. The average Bonchev–Trinajstić information content (AvgIpc) is 2.82. The zero-order valence-corrected chi connectivity index (χ0v) is 20.6. The van der Waals surface area contributed by atoms with Crippen LogP contribution in [-0.4, -0.2) is 31.8 Å². The monoisotopic (exact) mass is 516 g/mol. The molecular weight excluding hydrogens is 493 g/mol. The van der Waals surface area contributed by atoms with Crippen LogP contribution >= 0.6 is 11.6 Å². The Morgan fingerprint density at radius 2 is 1.92 bits per heavy atom. The first-order chi connectivity index (χ1) is 17.0. The number of nitrogens with one attached hydrogen (secondary N) is 1. The Bertz CT molecular complexity index is 1350. The van der Waals surface area contributed by atoms with Gasteiger partial charge in [0, 0.05) is 49.8 Å². The molecule has 0 aliphatic heterocycles. The molecule has 0 bridgehead atoms. The van der Waals surface area contributed by atoms with Crippen LogP contribution in [0.5, 0.6) is 0 Å². The number of alkyl halides is 3. The summed E-state index contributed by atoms with van der Waals surface area (Å²) in [6.45, 7) is 5.66. The van der Waals surface area contributed by atoms with Gasteiger partial charge < -0.3 is 5.43 Å².